The van der Waals surface area contributed by atoms with Crippen molar-refractivity contribution < 1.29 is 3.07 Å². The van der Waals surface area contributed by atoms with E-state index < -0.39 is 20.4 Å². The molecular formula is C8H17ClOSn. The molecule has 66 valence electrons. The van der Waals surface area contributed by atoms with E-state index in [1.54, 1.807) is 0 Å². The van der Waals surface area contributed by atoms with E-state index in [1.807, 2.05) is 0 Å². The fraction of sp³-hybridized carbons (Fsp3) is 1.00. The summed E-state index contributed by atoms with van der Waals surface area (Å²) < 4.78 is 5.52. The maximum atomic E-state index is 5.66. The molecule has 0 heterocycles. The van der Waals surface area contributed by atoms with Crippen LogP contribution in [0.3, 0.4) is 0 Å². The Hall–Kier alpha value is 1.05. The number of rotatable bonds is 7. The van der Waals surface area contributed by atoms with Gasteiger partial charge in [0.15, 0.2) is 0 Å². The number of hydrogen-bond donors (Lipinski definition) is 0. The van der Waals surface area contributed by atoms with Gasteiger partial charge >= 0.3 is 84.5 Å². The Morgan fingerprint density at radius 2 is 2.00 bits per heavy atom. The molecule has 0 aromatic heterocycles. The number of halogens is 1. The first kappa shape index (κ1) is 12.0. The number of hydrogen-bond acceptors (Lipinski definition) is 1. The molecule has 0 rings (SSSR count). The van der Waals surface area contributed by atoms with Gasteiger partial charge in [0.25, 0.3) is 0 Å². The summed E-state index contributed by atoms with van der Waals surface area (Å²) in [6.07, 6.45) is 6.62. The van der Waals surface area contributed by atoms with E-state index in [4.69, 9.17) is 12.0 Å². The average molecular weight is 283 g/mol. The minimum atomic E-state index is -0.945. The van der Waals surface area contributed by atoms with Crippen LogP contribution in [0.15, 0.2) is 0 Å². The van der Waals surface area contributed by atoms with Gasteiger partial charge in [-0.3, -0.25) is 0 Å². The van der Waals surface area contributed by atoms with Crippen LogP contribution in [0.25, 0.3) is 0 Å². The number of unbranched alkanes of at least 4 members (excludes halogenated alkanes) is 1. The van der Waals surface area contributed by atoms with E-state index in [1.165, 1.54) is 32.1 Å². The monoisotopic (exact) mass is 284 g/mol. The van der Waals surface area contributed by atoms with Gasteiger partial charge in [-0.2, -0.15) is 0 Å². The molecule has 0 N–H and O–H groups in total. The standard InChI is InChI=1S/C8H17O.ClH.Sn/c1-3-5-7-8(9)6-4-2;;/h8H,3-7H2,1-2H3;1H;/q-1;;+2/p-1. The van der Waals surface area contributed by atoms with E-state index in [0.717, 1.165) is 0 Å². The fourth-order valence-corrected chi connectivity index (χ4v) is 2.96. The molecular weight excluding hydrogens is 266 g/mol. The normalized spacial score (nSPS) is 13.4. The molecule has 1 atom stereocenters. The Morgan fingerprint density at radius 3 is 2.45 bits per heavy atom. The van der Waals surface area contributed by atoms with Crippen molar-refractivity contribution in [3.63, 3.8) is 0 Å². The van der Waals surface area contributed by atoms with Gasteiger partial charge in [-0.25, -0.2) is 0 Å². The van der Waals surface area contributed by atoms with Gasteiger partial charge in [-0.05, 0) is 0 Å². The van der Waals surface area contributed by atoms with Crippen LogP contribution in [0.1, 0.15) is 46.0 Å². The van der Waals surface area contributed by atoms with Crippen LogP contribution < -0.4 is 0 Å². The molecule has 0 spiro atoms. The molecule has 0 aromatic carbocycles. The molecule has 1 unspecified atom stereocenters. The third kappa shape index (κ3) is 7.41. The Bertz CT molecular complexity index is 74.5. The van der Waals surface area contributed by atoms with E-state index in [0.29, 0.717) is 6.10 Å². The van der Waals surface area contributed by atoms with Crippen molar-refractivity contribution in [1.82, 2.24) is 0 Å². The first-order valence-electron chi connectivity index (χ1n) is 4.36. The molecule has 0 aliphatic carbocycles. The van der Waals surface area contributed by atoms with Gasteiger partial charge < -0.3 is 0 Å². The van der Waals surface area contributed by atoms with Crippen molar-refractivity contribution >= 4 is 29.4 Å². The van der Waals surface area contributed by atoms with Gasteiger partial charge in [-0.1, -0.05) is 0 Å². The molecule has 0 saturated carbocycles. The van der Waals surface area contributed by atoms with Gasteiger partial charge in [0, 0.05) is 0 Å². The van der Waals surface area contributed by atoms with Crippen molar-refractivity contribution in [2.45, 2.75) is 52.1 Å². The summed E-state index contributed by atoms with van der Waals surface area (Å²) in [4.78, 5) is 0. The third-order valence-electron chi connectivity index (χ3n) is 1.70. The molecule has 11 heavy (non-hydrogen) atoms. The van der Waals surface area contributed by atoms with Crippen molar-refractivity contribution in [2.75, 3.05) is 0 Å². The second kappa shape index (κ2) is 9.14. The molecule has 0 fully saturated rings. The summed E-state index contributed by atoms with van der Waals surface area (Å²) in [5.41, 5.74) is 0. The summed E-state index contributed by atoms with van der Waals surface area (Å²) >= 11 is -0.945. The zero-order valence-electron chi connectivity index (χ0n) is 7.40. The summed E-state index contributed by atoms with van der Waals surface area (Å²) in [6.45, 7) is 4.41. The van der Waals surface area contributed by atoms with E-state index in [2.05, 4.69) is 13.8 Å². The zero-order valence-corrected chi connectivity index (χ0v) is 11.0. The van der Waals surface area contributed by atoms with Crippen LogP contribution >= 0.6 is 8.92 Å². The van der Waals surface area contributed by atoms with Crippen LogP contribution in [0.5, 0.6) is 0 Å². The van der Waals surface area contributed by atoms with Crippen LogP contribution in [0.2, 0.25) is 0 Å². The molecule has 0 saturated heterocycles. The van der Waals surface area contributed by atoms with Crippen LogP contribution in [-0.4, -0.2) is 26.5 Å². The van der Waals surface area contributed by atoms with Crippen LogP contribution in [-0.2, 0) is 3.07 Å². The maximum absolute atomic E-state index is 5.66. The Labute approximate surface area is 84.3 Å². The molecule has 0 aliphatic rings. The molecule has 0 amide bonds. The van der Waals surface area contributed by atoms with E-state index in [9.17, 15) is 0 Å². The predicted molar refractivity (Wildman–Crippen MR) is 50.9 cm³/mol. The summed E-state index contributed by atoms with van der Waals surface area (Å²) in [6, 6.07) is 0. The summed E-state index contributed by atoms with van der Waals surface area (Å²) in [5.74, 6) is 0. The Kier molecular flexibility index (Phi) is 10.0. The summed E-state index contributed by atoms with van der Waals surface area (Å²) in [7, 11) is 5.66. The molecule has 1 nitrogen and oxygen atoms in total. The average Bonchev–Trinajstić information content (AvgIpc) is 2.01. The first-order chi connectivity index (χ1) is 5.35. The van der Waals surface area contributed by atoms with Crippen LogP contribution in [0.4, 0.5) is 0 Å². The quantitative estimate of drug-likeness (QED) is 0.652. The van der Waals surface area contributed by atoms with Crippen molar-refractivity contribution in [2.24, 2.45) is 0 Å². The Balaban J connectivity index is 3.34. The molecule has 0 bridgehead atoms. The second-order valence-corrected chi connectivity index (χ2v) is 4.90. The van der Waals surface area contributed by atoms with Crippen molar-refractivity contribution in [1.29, 1.82) is 0 Å². The van der Waals surface area contributed by atoms with Gasteiger partial charge in [0.2, 0.25) is 0 Å². The SMILES string of the molecule is CCCCC(CCC)[O][Sn][Cl]. The Morgan fingerprint density at radius 1 is 1.27 bits per heavy atom. The van der Waals surface area contributed by atoms with E-state index in [-0.39, 0.29) is 0 Å². The fourth-order valence-electron chi connectivity index (χ4n) is 1.08. The zero-order chi connectivity index (χ0) is 8.53. The first-order valence-corrected chi connectivity index (χ1v) is 9.14. The molecule has 2 radical (unpaired) electrons. The molecule has 0 aliphatic heterocycles. The van der Waals surface area contributed by atoms with Gasteiger partial charge in [-0.15, -0.1) is 0 Å². The summed E-state index contributed by atoms with van der Waals surface area (Å²) in [5, 5.41) is 0. The topological polar surface area (TPSA) is 9.23 Å². The molecule has 0 aromatic rings. The molecule has 3 heteroatoms. The predicted octanol–water partition coefficient (Wildman–Crippen LogP) is 3.13. The van der Waals surface area contributed by atoms with Gasteiger partial charge in [0.1, 0.15) is 0 Å². The third-order valence-corrected chi connectivity index (χ3v) is 3.50. The van der Waals surface area contributed by atoms with E-state index >= 15 is 0 Å². The van der Waals surface area contributed by atoms with Crippen LogP contribution in [0, 0.1) is 0 Å². The van der Waals surface area contributed by atoms with Crippen molar-refractivity contribution in [3.8, 4) is 0 Å². The second-order valence-electron chi connectivity index (χ2n) is 2.75. The minimum absolute atomic E-state index is 0.476. The van der Waals surface area contributed by atoms with Crippen molar-refractivity contribution in [3.05, 3.63) is 0 Å². The van der Waals surface area contributed by atoms with Gasteiger partial charge in [0.05, 0.1) is 0 Å².